The molecule has 4 nitrogen and oxygen atoms in total. The fourth-order valence-electron chi connectivity index (χ4n) is 2.91. The van der Waals surface area contributed by atoms with Gasteiger partial charge in [-0.2, -0.15) is 26.3 Å². The van der Waals surface area contributed by atoms with Gasteiger partial charge in [-0.3, -0.25) is 0 Å². The number of rotatable bonds is 4. The monoisotopic (exact) mass is 468 g/mol. The number of nitrogen functional groups attached to an aromatic ring is 2. The van der Waals surface area contributed by atoms with Gasteiger partial charge >= 0.3 is 12.4 Å². The van der Waals surface area contributed by atoms with E-state index in [1.165, 1.54) is 12.1 Å². The van der Waals surface area contributed by atoms with Crippen molar-refractivity contribution in [2.45, 2.75) is 61.0 Å². The van der Waals surface area contributed by atoms with Gasteiger partial charge in [0.2, 0.25) is 0 Å². The molecule has 2 atom stereocenters. The van der Waals surface area contributed by atoms with E-state index in [0.717, 1.165) is 23.9 Å². The Morgan fingerprint density at radius 3 is 1.23 bits per heavy atom. The van der Waals surface area contributed by atoms with Crippen molar-refractivity contribution in [3.63, 3.8) is 0 Å². The molecule has 11 heteroatoms. The van der Waals surface area contributed by atoms with E-state index in [4.69, 9.17) is 11.5 Å². The molecule has 0 fully saturated rings. The molecule has 0 spiro atoms. The van der Waals surface area contributed by atoms with Gasteiger partial charge in [0.05, 0.1) is 0 Å². The predicted octanol–water partition coefficient (Wildman–Crippen LogP) is 5.16. The minimum atomic E-state index is -5.01. The molecule has 0 aliphatic rings. The van der Waals surface area contributed by atoms with Gasteiger partial charge in [-0.1, -0.05) is 11.8 Å². The number of aryl methyl sites for hydroxylation is 2. The molecule has 2 aromatic rings. The Kier molecular flexibility index (Phi) is 6.32. The maximum absolute atomic E-state index is 13.3. The summed E-state index contributed by atoms with van der Waals surface area (Å²) in [6.45, 7) is 4.25. The minimum Gasteiger partial charge on any atom is -0.398 e. The van der Waals surface area contributed by atoms with E-state index in [1.807, 2.05) is 0 Å². The molecule has 0 aliphatic carbocycles. The maximum atomic E-state index is 13.3. The van der Waals surface area contributed by atoms with E-state index in [2.05, 4.69) is 0 Å². The fraction of sp³-hybridized carbons (Fsp3) is 0.400. The Morgan fingerprint density at radius 2 is 0.968 bits per heavy atom. The number of anilines is 2. The SMILES string of the molecule is Cc1cc(N)c(C(C)(O)C(F)(F)F)cc1Sc1cc(C(C)(O)C(F)(F)F)c(N)cc1C. The zero-order valence-corrected chi connectivity index (χ0v) is 17.9. The Bertz CT molecular complexity index is 921. The quantitative estimate of drug-likeness (QED) is 0.368. The highest BCUT2D eigenvalue weighted by atomic mass is 32.2. The van der Waals surface area contributed by atoms with Crippen LogP contribution in [-0.4, -0.2) is 22.6 Å². The lowest BCUT2D eigenvalue weighted by molar-refractivity contribution is -0.258. The van der Waals surface area contributed by atoms with Crippen LogP contribution in [0.2, 0.25) is 0 Å². The normalized spacial score (nSPS) is 16.6. The first-order chi connectivity index (χ1) is 13.8. The van der Waals surface area contributed by atoms with Gasteiger partial charge in [0, 0.05) is 32.3 Å². The molecule has 0 saturated heterocycles. The molecule has 6 N–H and O–H groups in total. The lowest BCUT2D eigenvalue weighted by Crippen LogP contribution is -2.40. The van der Waals surface area contributed by atoms with Gasteiger partial charge in [0.25, 0.3) is 0 Å². The van der Waals surface area contributed by atoms with E-state index < -0.39 is 34.7 Å². The van der Waals surface area contributed by atoms with Gasteiger partial charge in [-0.05, 0) is 63.1 Å². The molecular weight excluding hydrogens is 446 g/mol. The van der Waals surface area contributed by atoms with E-state index in [9.17, 15) is 36.6 Å². The second kappa shape index (κ2) is 7.79. The molecule has 0 aliphatic heterocycles. The molecule has 2 unspecified atom stereocenters. The zero-order chi connectivity index (χ0) is 24.2. The van der Waals surface area contributed by atoms with Crippen molar-refractivity contribution < 1.29 is 36.6 Å². The molecule has 0 heterocycles. The summed E-state index contributed by atoms with van der Waals surface area (Å²) in [4.78, 5) is 0.471. The molecule has 0 radical (unpaired) electrons. The largest absolute Gasteiger partial charge is 0.421 e. The number of nitrogens with two attached hydrogens (primary N) is 2. The van der Waals surface area contributed by atoms with Crippen molar-refractivity contribution in [3.05, 3.63) is 46.5 Å². The van der Waals surface area contributed by atoms with E-state index in [0.29, 0.717) is 25.0 Å². The topological polar surface area (TPSA) is 92.5 Å². The van der Waals surface area contributed by atoms with Crippen molar-refractivity contribution in [2.75, 3.05) is 11.5 Å². The van der Waals surface area contributed by atoms with Crippen molar-refractivity contribution in [2.24, 2.45) is 0 Å². The average Bonchev–Trinajstić information content (AvgIpc) is 2.56. The zero-order valence-electron chi connectivity index (χ0n) is 17.0. The highest BCUT2D eigenvalue weighted by Gasteiger charge is 2.53. The molecule has 2 rings (SSSR count). The Hall–Kier alpha value is -2.11. The van der Waals surface area contributed by atoms with Gasteiger partial charge in [0.1, 0.15) is 0 Å². The molecule has 31 heavy (non-hydrogen) atoms. The summed E-state index contributed by atoms with van der Waals surface area (Å²) in [5, 5.41) is 20.1. The first-order valence-corrected chi connectivity index (χ1v) is 9.69. The second-order valence-corrected chi connectivity index (χ2v) is 8.74. The van der Waals surface area contributed by atoms with Crippen LogP contribution in [0.1, 0.15) is 36.1 Å². The van der Waals surface area contributed by atoms with Crippen LogP contribution in [0.5, 0.6) is 0 Å². The number of alkyl halides is 6. The van der Waals surface area contributed by atoms with Crippen molar-refractivity contribution in [3.8, 4) is 0 Å². The summed E-state index contributed by atoms with van der Waals surface area (Å²) in [6, 6.07) is 4.61. The molecule has 2 aromatic carbocycles. The first-order valence-electron chi connectivity index (χ1n) is 8.88. The average molecular weight is 468 g/mol. The fourth-order valence-corrected chi connectivity index (χ4v) is 3.94. The van der Waals surface area contributed by atoms with Crippen LogP contribution in [0.25, 0.3) is 0 Å². The summed E-state index contributed by atoms with van der Waals surface area (Å²) in [5.74, 6) is 0. The molecule has 0 aromatic heterocycles. The third kappa shape index (κ3) is 4.58. The Labute approximate surface area is 179 Å². The standard InChI is InChI=1S/C20H22F6N2O2S/c1-9-5-13(27)11(17(3,29)19(21,22)23)7-15(9)31-16-8-12(14(28)6-10(16)2)18(4,30)20(24,25)26/h5-8,29-30H,27-28H2,1-4H3. The maximum Gasteiger partial charge on any atom is 0.421 e. The minimum absolute atomic E-state index is 0.235. The van der Waals surface area contributed by atoms with Gasteiger partial charge in [0.15, 0.2) is 11.2 Å². The third-order valence-electron chi connectivity index (χ3n) is 5.07. The van der Waals surface area contributed by atoms with Gasteiger partial charge in [-0.15, -0.1) is 0 Å². The van der Waals surface area contributed by atoms with Crippen LogP contribution in [-0.2, 0) is 11.2 Å². The van der Waals surface area contributed by atoms with Gasteiger partial charge in [-0.25, -0.2) is 0 Å². The number of aliphatic hydroxyl groups is 2. The smallest absolute Gasteiger partial charge is 0.398 e. The highest BCUT2D eigenvalue weighted by molar-refractivity contribution is 7.99. The lowest BCUT2D eigenvalue weighted by atomic mass is 9.92. The van der Waals surface area contributed by atoms with Gasteiger partial charge < -0.3 is 21.7 Å². The van der Waals surface area contributed by atoms with Crippen molar-refractivity contribution in [1.82, 2.24) is 0 Å². The lowest BCUT2D eigenvalue weighted by Gasteiger charge is -2.29. The molecular formula is C20H22F6N2O2S. The van der Waals surface area contributed by atoms with Crippen LogP contribution in [0, 0.1) is 13.8 Å². The summed E-state index contributed by atoms with van der Waals surface area (Å²) in [6.07, 6.45) is -10.0. The molecule has 172 valence electrons. The predicted molar refractivity (Wildman–Crippen MR) is 107 cm³/mol. The summed E-state index contributed by atoms with van der Waals surface area (Å²) in [5.41, 5.74) is 4.11. The molecule has 0 bridgehead atoms. The van der Waals surface area contributed by atoms with E-state index in [1.54, 1.807) is 13.8 Å². The number of benzene rings is 2. The highest BCUT2D eigenvalue weighted by Crippen LogP contribution is 2.46. The summed E-state index contributed by atoms with van der Waals surface area (Å²) in [7, 11) is 0. The van der Waals surface area contributed by atoms with Crippen LogP contribution in [0.4, 0.5) is 37.7 Å². The van der Waals surface area contributed by atoms with Crippen LogP contribution in [0.3, 0.4) is 0 Å². The Morgan fingerprint density at radius 1 is 0.677 bits per heavy atom. The van der Waals surface area contributed by atoms with Crippen molar-refractivity contribution >= 4 is 23.1 Å². The molecule has 0 amide bonds. The third-order valence-corrected chi connectivity index (χ3v) is 6.39. The summed E-state index contributed by atoms with van der Waals surface area (Å²) >= 11 is 0.872. The number of halogens is 6. The van der Waals surface area contributed by atoms with Crippen molar-refractivity contribution in [1.29, 1.82) is 0 Å². The van der Waals surface area contributed by atoms with E-state index >= 15 is 0 Å². The second-order valence-electron chi connectivity index (χ2n) is 7.65. The van der Waals surface area contributed by atoms with Crippen LogP contribution in [0.15, 0.2) is 34.1 Å². The Balaban J connectivity index is 2.62. The molecule has 0 saturated carbocycles. The number of hydrogen-bond acceptors (Lipinski definition) is 5. The van der Waals surface area contributed by atoms with Crippen LogP contribution < -0.4 is 11.5 Å². The number of hydrogen-bond donors (Lipinski definition) is 4. The van der Waals surface area contributed by atoms with Crippen LogP contribution >= 0.6 is 11.8 Å². The summed E-state index contributed by atoms with van der Waals surface area (Å²) < 4.78 is 79.8. The first kappa shape index (κ1) is 25.2. The van der Waals surface area contributed by atoms with E-state index in [-0.39, 0.29) is 21.2 Å².